The summed E-state index contributed by atoms with van der Waals surface area (Å²) >= 11 is 0. The van der Waals surface area contributed by atoms with Crippen LogP contribution < -0.4 is 5.73 Å². The van der Waals surface area contributed by atoms with Gasteiger partial charge in [-0.15, -0.1) is 0 Å². The summed E-state index contributed by atoms with van der Waals surface area (Å²) < 4.78 is 7.06. The lowest BCUT2D eigenvalue weighted by molar-refractivity contribution is 0.132. The summed E-state index contributed by atoms with van der Waals surface area (Å²) in [5.41, 5.74) is 6.67. The second-order valence-electron chi connectivity index (χ2n) is 2.73. The molecule has 12 heavy (non-hydrogen) atoms. The van der Waals surface area contributed by atoms with Gasteiger partial charge in [0.25, 0.3) is 0 Å². The maximum Gasteiger partial charge on any atom is 0.0947 e. The molecule has 0 spiro atoms. The van der Waals surface area contributed by atoms with Crippen molar-refractivity contribution in [2.75, 3.05) is 13.2 Å². The molecule has 2 N–H and O–H groups in total. The molecule has 1 aromatic rings. The molecule has 1 rings (SSSR count). The molecule has 0 amide bonds. The van der Waals surface area contributed by atoms with E-state index >= 15 is 0 Å². The fourth-order valence-electron chi connectivity index (χ4n) is 0.955. The summed E-state index contributed by atoms with van der Waals surface area (Å²) in [7, 11) is 1.92. The van der Waals surface area contributed by atoms with Gasteiger partial charge in [-0.25, -0.2) is 4.98 Å². The molecule has 1 heterocycles. The Bertz CT molecular complexity index is 234. The number of imidazole rings is 1. The lowest BCUT2D eigenvalue weighted by Crippen LogP contribution is -2.17. The zero-order chi connectivity index (χ0) is 8.97. The van der Waals surface area contributed by atoms with Crippen LogP contribution >= 0.6 is 0 Å². The van der Waals surface area contributed by atoms with Gasteiger partial charge >= 0.3 is 0 Å². The molecule has 1 aromatic heterocycles. The van der Waals surface area contributed by atoms with E-state index in [1.807, 2.05) is 24.7 Å². The first-order chi connectivity index (χ1) is 5.74. The number of hydrogen-bond acceptors (Lipinski definition) is 3. The predicted molar refractivity (Wildman–Crippen MR) is 46.6 cm³/mol. The molecule has 68 valence electrons. The van der Waals surface area contributed by atoms with Crippen molar-refractivity contribution < 1.29 is 4.74 Å². The quantitative estimate of drug-likeness (QED) is 0.712. The molecule has 1 atom stereocenters. The smallest absolute Gasteiger partial charge is 0.0947 e. The highest BCUT2D eigenvalue weighted by molar-refractivity contribution is 5.02. The number of aryl methyl sites for hydroxylation is 1. The third-order valence-electron chi connectivity index (χ3n) is 1.61. The Labute approximate surface area is 72.3 Å². The Balaban J connectivity index is 2.47. The van der Waals surface area contributed by atoms with Crippen LogP contribution in [0.4, 0.5) is 0 Å². The van der Waals surface area contributed by atoms with Gasteiger partial charge in [0.15, 0.2) is 0 Å². The van der Waals surface area contributed by atoms with Crippen molar-refractivity contribution in [2.24, 2.45) is 12.8 Å². The summed E-state index contributed by atoms with van der Waals surface area (Å²) in [6.45, 7) is 3.18. The lowest BCUT2D eigenvalue weighted by atomic mass is 10.2. The zero-order valence-electron chi connectivity index (χ0n) is 7.53. The molecule has 0 aliphatic rings. The first kappa shape index (κ1) is 9.22. The summed E-state index contributed by atoms with van der Waals surface area (Å²) in [5.74, 6) is 0. The van der Waals surface area contributed by atoms with Crippen molar-refractivity contribution in [3.8, 4) is 0 Å². The molecular formula is C8H15N3O. The molecule has 0 aliphatic carbocycles. The third-order valence-corrected chi connectivity index (χ3v) is 1.61. The highest BCUT2D eigenvalue weighted by atomic mass is 16.5. The molecule has 0 radical (unpaired) electrons. The largest absolute Gasteiger partial charge is 0.380 e. The maximum atomic E-state index is 5.79. The van der Waals surface area contributed by atoms with E-state index in [2.05, 4.69) is 4.98 Å². The minimum absolute atomic E-state index is 0.105. The Morgan fingerprint density at radius 1 is 1.75 bits per heavy atom. The summed E-state index contributed by atoms with van der Waals surface area (Å²) in [4.78, 5) is 4.13. The molecule has 0 aliphatic heterocycles. The summed E-state index contributed by atoms with van der Waals surface area (Å²) in [5, 5.41) is 0. The van der Waals surface area contributed by atoms with E-state index in [1.54, 1.807) is 6.33 Å². The lowest BCUT2D eigenvalue weighted by Gasteiger charge is -2.07. The zero-order valence-corrected chi connectivity index (χ0v) is 7.53. The van der Waals surface area contributed by atoms with E-state index in [9.17, 15) is 0 Å². The molecule has 0 saturated heterocycles. The van der Waals surface area contributed by atoms with Gasteiger partial charge in [-0.05, 0) is 6.92 Å². The highest BCUT2D eigenvalue weighted by Gasteiger charge is 2.07. The molecule has 0 saturated carbocycles. The standard InChI is InChI=1S/C8H15N3O/c1-3-12-5-7(9)8-4-11(2)6-10-8/h4,6-7H,3,5,9H2,1-2H3. The van der Waals surface area contributed by atoms with Crippen LogP contribution in [-0.2, 0) is 11.8 Å². The van der Waals surface area contributed by atoms with Gasteiger partial charge in [0.05, 0.1) is 24.7 Å². The molecule has 4 nitrogen and oxygen atoms in total. The molecule has 1 unspecified atom stereocenters. The van der Waals surface area contributed by atoms with Crippen molar-refractivity contribution in [3.63, 3.8) is 0 Å². The number of nitrogens with two attached hydrogens (primary N) is 1. The van der Waals surface area contributed by atoms with Crippen LogP contribution in [0.1, 0.15) is 18.7 Å². The Hall–Kier alpha value is -0.870. The van der Waals surface area contributed by atoms with E-state index in [-0.39, 0.29) is 6.04 Å². The molecule has 4 heteroatoms. The number of hydrogen-bond donors (Lipinski definition) is 1. The minimum atomic E-state index is -0.105. The topological polar surface area (TPSA) is 53.1 Å². The van der Waals surface area contributed by atoms with E-state index in [4.69, 9.17) is 10.5 Å². The van der Waals surface area contributed by atoms with Crippen molar-refractivity contribution in [3.05, 3.63) is 18.2 Å². The van der Waals surface area contributed by atoms with Crippen LogP contribution in [0.15, 0.2) is 12.5 Å². The Morgan fingerprint density at radius 3 is 3.00 bits per heavy atom. The second kappa shape index (κ2) is 4.23. The number of ether oxygens (including phenoxy) is 1. The summed E-state index contributed by atoms with van der Waals surface area (Å²) in [6.07, 6.45) is 3.64. The van der Waals surface area contributed by atoms with E-state index in [1.165, 1.54) is 0 Å². The van der Waals surface area contributed by atoms with Crippen LogP contribution in [-0.4, -0.2) is 22.8 Å². The number of rotatable bonds is 4. The molecule has 0 fully saturated rings. The van der Waals surface area contributed by atoms with Crippen molar-refractivity contribution in [2.45, 2.75) is 13.0 Å². The Kier molecular flexibility index (Phi) is 3.25. The minimum Gasteiger partial charge on any atom is -0.380 e. The monoisotopic (exact) mass is 169 g/mol. The van der Waals surface area contributed by atoms with Crippen LogP contribution in [0.3, 0.4) is 0 Å². The van der Waals surface area contributed by atoms with Crippen LogP contribution in [0.25, 0.3) is 0 Å². The molecular weight excluding hydrogens is 154 g/mol. The fraction of sp³-hybridized carbons (Fsp3) is 0.625. The Morgan fingerprint density at radius 2 is 2.50 bits per heavy atom. The average molecular weight is 169 g/mol. The van der Waals surface area contributed by atoms with Gasteiger partial charge in [-0.3, -0.25) is 0 Å². The average Bonchev–Trinajstić information content (AvgIpc) is 2.47. The van der Waals surface area contributed by atoms with Crippen molar-refractivity contribution >= 4 is 0 Å². The number of nitrogens with zero attached hydrogens (tertiary/aromatic N) is 2. The van der Waals surface area contributed by atoms with Gasteiger partial charge in [-0.1, -0.05) is 0 Å². The van der Waals surface area contributed by atoms with Gasteiger partial charge in [0.1, 0.15) is 0 Å². The van der Waals surface area contributed by atoms with Crippen molar-refractivity contribution in [1.29, 1.82) is 0 Å². The van der Waals surface area contributed by atoms with Crippen molar-refractivity contribution in [1.82, 2.24) is 9.55 Å². The van der Waals surface area contributed by atoms with Crippen LogP contribution in [0, 0.1) is 0 Å². The SMILES string of the molecule is CCOCC(N)c1cn(C)cn1. The van der Waals surface area contributed by atoms with Crippen LogP contribution in [0.2, 0.25) is 0 Å². The molecule has 0 aromatic carbocycles. The van der Waals surface area contributed by atoms with E-state index in [0.29, 0.717) is 13.2 Å². The van der Waals surface area contributed by atoms with Crippen LogP contribution in [0.5, 0.6) is 0 Å². The molecule has 0 bridgehead atoms. The maximum absolute atomic E-state index is 5.79. The highest BCUT2D eigenvalue weighted by Crippen LogP contribution is 2.06. The first-order valence-electron chi connectivity index (χ1n) is 4.05. The number of aromatic nitrogens is 2. The van der Waals surface area contributed by atoms with E-state index < -0.39 is 0 Å². The van der Waals surface area contributed by atoms with E-state index in [0.717, 1.165) is 5.69 Å². The van der Waals surface area contributed by atoms with Gasteiger partial charge in [-0.2, -0.15) is 0 Å². The second-order valence-corrected chi connectivity index (χ2v) is 2.73. The predicted octanol–water partition coefficient (Wildman–Crippen LogP) is 0.456. The normalized spacial score (nSPS) is 13.2. The van der Waals surface area contributed by atoms with Gasteiger partial charge in [0.2, 0.25) is 0 Å². The first-order valence-corrected chi connectivity index (χ1v) is 4.05. The van der Waals surface area contributed by atoms with Gasteiger partial charge in [0, 0.05) is 19.9 Å². The summed E-state index contributed by atoms with van der Waals surface area (Å²) in [6, 6.07) is -0.105. The van der Waals surface area contributed by atoms with Gasteiger partial charge < -0.3 is 15.0 Å². The fourth-order valence-corrected chi connectivity index (χ4v) is 0.955. The third kappa shape index (κ3) is 2.32.